The summed E-state index contributed by atoms with van der Waals surface area (Å²) in [5.74, 6) is 0.616. The summed E-state index contributed by atoms with van der Waals surface area (Å²) in [6.45, 7) is 1.32. The van der Waals surface area contributed by atoms with Crippen molar-refractivity contribution in [2.24, 2.45) is 5.73 Å². The Kier molecular flexibility index (Phi) is 8.19. The van der Waals surface area contributed by atoms with Crippen molar-refractivity contribution in [1.29, 1.82) is 0 Å². The lowest BCUT2D eigenvalue weighted by Crippen LogP contribution is -2.24. The van der Waals surface area contributed by atoms with Gasteiger partial charge in [0.05, 0.1) is 7.11 Å². The Hall–Kier alpha value is -1.26. The summed E-state index contributed by atoms with van der Waals surface area (Å²) in [4.78, 5) is 11.7. The zero-order chi connectivity index (χ0) is 11.8. The lowest BCUT2D eigenvalue weighted by molar-refractivity contribution is 0.0952. The van der Waals surface area contributed by atoms with E-state index in [1.165, 1.54) is 0 Å². The molecule has 1 aromatic rings. The molecule has 0 aliphatic rings. The van der Waals surface area contributed by atoms with Crippen LogP contribution in [0, 0.1) is 0 Å². The molecule has 0 radical (unpaired) electrons. The maximum Gasteiger partial charge on any atom is 0.251 e. The fraction of sp³-hybridized carbons (Fsp3) is 0.417. The van der Waals surface area contributed by atoms with Crippen molar-refractivity contribution in [1.82, 2.24) is 5.32 Å². The van der Waals surface area contributed by atoms with E-state index in [1.807, 2.05) is 6.07 Å². The third-order valence-electron chi connectivity index (χ3n) is 2.25. The second-order valence-electron chi connectivity index (χ2n) is 3.48. The van der Waals surface area contributed by atoms with Gasteiger partial charge in [-0.15, -0.1) is 12.4 Å². The lowest BCUT2D eigenvalue weighted by Gasteiger charge is -2.06. The predicted molar refractivity (Wildman–Crippen MR) is 70.9 cm³/mol. The predicted octanol–water partition coefficient (Wildman–Crippen LogP) is 1.59. The number of nitrogens with two attached hydrogens (primary N) is 1. The maximum atomic E-state index is 11.7. The molecule has 0 spiro atoms. The number of carbonyl (C=O) groups is 1. The first-order valence-electron chi connectivity index (χ1n) is 5.40. The van der Waals surface area contributed by atoms with Crippen LogP contribution in [0.15, 0.2) is 24.3 Å². The molecular formula is C12H19ClN2O2. The first kappa shape index (κ1) is 15.7. The first-order valence-corrected chi connectivity index (χ1v) is 5.40. The number of rotatable bonds is 6. The van der Waals surface area contributed by atoms with Crippen LogP contribution in [0.25, 0.3) is 0 Å². The highest BCUT2D eigenvalue weighted by Crippen LogP contribution is 2.12. The van der Waals surface area contributed by atoms with Gasteiger partial charge in [0.1, 0.15) is 5.75 Å². The lowest BCUT2D eigenvalue weighted by atomic mass is 10.2. The van der Waals surface area contributed by atoms with Crippen LogP contribution in [-0.4, -0.2) is 26.1 Å². The van der Waals surface area contributed by atoms with Crippen molar-refractivity contribution in [2.45, 2.75) is 12.8 Å². The van der Waals surface area contributed by atoms with E-state index >= 15 is 0 Å². The number of carbonyl (C=O) groups excluding carboxylic acids is 1. The third kappa shape index (κ3) is 5.56. The van der Waals surface area contributed by atoms with E-state index in [-0.39, 0.29) is 18.3 Å². The van der Waals surface area contributed by atoms with Crippen molar-refractivity contribution in [3.63, 3.8) is 0 Å². The van der Waals surface area contributed by atoms with Crippen LogP contribution >= 0.6 is 12.4 Å². The van der Waals surface area contributed by atoms with Gasteiger partial charge in [-0.3, -0.25) is 4.79 Å². The average Bonchev–Trinajstić information content (AvgIpc) is 2.34. The van der Waals surface area contributed by atoms with Crippen LogP contribution < -0.4 is 15.8 Å². The van der Waals surface area contributed by atoms with Gasteiger partial charge in [0.2, 0.25) is 0 Å². The normalized spacial score (nSPS) is 9.29. The van der Waals surface area contributed by atoms with Crippen LogP contribution in [0.3, 0.4) is 0 Å². The molecule has 96 valence electrons. The first-order chi connectivity index (χ1) is 7.77. The van der Waals surface area contributed by atoms with E-state index in [4.69, 9.17) is 10.5 Å². The van der Waals surface area contributed by atoms with Crippen LogP contribution in [-0.2, 0) is 0 Å². The number of amides is 1. The molecular weight excluding hydrogens is 240 g/mol. The van der Waals surface area contributed by atoms with Gasteiger partial charge in [-0.25, -0.2) is 0 Å². The largest absolute Gasteiger partial charge is 0.497 e. The number of hydrogen-bond donors (Lipinski definition) is 2. The van der Waals surface area contributed by atoms with Crippen LogP contribution in [0.2, 0.25) is 0 Å². The molecule has 0 aliphatic heterocycles. The Morgan fingerprint density at radius 3 is 2.82 bits per heavy atom. The summed E-state index contributed by atoms with van der Waals surface area (Å²) in [5.41, 5.74) is 5.98. The van der Waals surface area contributed by atoms with Crippen molar-refractivity contribution in [3.05, 3.63) is 29.8 Å². The van der Waals surface area contributed by atoms with Crippen LogP contribution in [0.5, 0.6) is 5.75 Å². The molecule has 0 fully saturated rings. The molecule has 0 aliphatic carbocycles. The molecule has 5 heteroatoms. The van der Waals surface area contributed by atoms with Gasteiger partial charge in [0.15, 0.2) is 0 Å². The Morgan fingerprint density at radius 2 is 2.18 bits per heavy atom. The molecule has 17 heavy (non-hydrogen) atoms. The third-order valence-corrected chi connectivity index (χ3v) is 2.25. The molecule has 3 N–H and O–H groups in total. The Morgan fingerprint density at radius 1 is 1.41 bits per heavy atom. The van der Waals surface area contributed by atoms with Gasteiger partial charge >= 0.3 is 0 Å². The maximum absolute atomic E-state index is 11.7. The van der Waals surface area contributed by atoms with E-state index in [0.29, 0.717) is 24.4 Å². The highest BCUT2D eigenvalue weighted by molar-refractivity contribution is 5.94. The molecule has 0 saturated heterocycles. The molecule has 0 atom stereocenters. The highest BCUT2D eigenvalue weighted by atomic mass is 35.5. The summed E-state index contributed by atoms with van der Waals surface area (Å²) in [7, 11) is 1.58. The molecule has 1 amide bonds. The second-order valence-corrected chi connectivity index (χ2v) is 3.48. The SMILES string of the molecule is COc1cccc(C(=O)NCCCCN)c1.Cl. The number of methoxy groups -OCH3 is 1. The molecule has 1 aromatic carbocycles. The van der Waals surface area contributed by atoms with Crippen molar-refractivity contribution in [2.75, 3.05) is 20.2 Å². The summed E-state index contributed by atoms with van der Waals surface area (Å²) >= 11 is 0. The molecule has 1 rings (SSSR count). The van der Waals surface area contributed by atoms with Gasteiger partial charge in [-0.05, 0) is 37.6 Å². The number of ether oxygens (including phenoxy) is 1. The van der Waals surface area contributed by atoms with Crippen molar-refractivity contribution in [3.8, 4) is 5.75 Å². The summed E-state index contributed by atoms with van der Waals surface area (Å²) in [6.07, 6.45) is 1.84. The Balaban J connectivity index is 0.00000256. The van der Waals surface area contributed by atoms with Gasteiger partial charge in [-0.1, -0.05) is 6.07 Å². The molecule has 0 unspecified atom stereocenters. The highest BCUT2D eigenvalue weighted by Gasteiger charge is 2.05. The van der Waals surface area contributed by atoms with E-state index < -0.39 is 0 Å². The second kappa shape index (κ2) is 8.84. The Bertz CT molecular complexity index is 345. The smallest absolute Gasteiger partial charge is 0.251 e. The van der Waals surface area contributed by atoms with Crippen molar-refractivity contribution >= 4 is 18.3 Å². The fourth-order valence-electron chi connectivity index (χ4n) is 1.34. The molecule has 0 saturated carbocycles. The van der Waals surface area contributed by atoms with Gasteiger partial charge in [0.25, 0.3) is 5.91 Å². The van der Waals surface area contributed by atoms with Gasteiger partial charge in [-0.2, -0.15) is 0 Å². The average molecular weight is 259 g/mol. The van der Waals surface area contributed by atoms with E-state index in [2.05, 4.69) is 5.32 Å². The number of nitrogens with one attached hydrogen (secondary N) is 1. The summed E-state index contributed by atoms with van der Waals surface area (Å²) in [5, 5.41) is 2.84. The molecule has 0 heterocycles. The molecule has 4 nitrogen and oxygen atoms in total. The molecule has 0 bridgehead atoms. The van der Waals surface area contributed by atoms with E-state index in [0.717, 1.165) is 12.8 Å². The minimum absolute atomic E-state index is 0. The quantitative estimate of drug-likeness (QED) is 0.762. The zero-order valence-electron chi connectivity index (χ0n) is 9.94. The number of unbranched alkanes of at least 4 members (excludes halogenated alkanes) is 1. The minimum atomic E-state index is -0.0732. The standard InChI is InChI=1S/C12H18N2O2.ClH/c1-16-11-6-4-5-10(9-11)12(15)14-8-3-2-7-13;/h4-6,9H,2-3,7-8,13H2,1H3,(H,14,15);1H. The summed E-state index contributed by atoms with van der Waals surface area (Å²) < 4.78 is 5.05. The van der Waals surface area contributed by atoms with E-state index in [1.54, 1.807) is 25.3 Å². The molecule has 0 aromatic heterocycles. The van der Waals surface area contributed by atoms with E-state index in [9.17, 15) is 4.79 Å². The number of halogens is 1. The number of hydrogen-bond acceptors (Lipinski definition) is 3. The summed E-state index contributed by atoms with van der Waals surface area (Å²) in [6, 6.07) is 7.10. The van der Waals surface area contributed by atoms with Crippen LogP contribution in [0.4, 0.5) is 0 Å². The zero-order valence-corrected chi connectivity index (χ0v) is 10.8. The fourth-order valence-corrected chi connectivity index (χ4v) is 1.34. The van der Waals surface area contributed by atoms with Gasteiger partial charge < -0.3 is 15.8 Å². The minimum Gasteiger partial charge on any atom is -0.497 e. The number of benzene rings is 1. The van der Waals surface area contributed by atoms with Crippen molar-refractivity contribution < 1.29 is 9.53 Å². The topological polar surface area (TPSA) is 64.3 Å². The monoisotopic (exact) mass is 258 g/mol. The Labute approximate surface area is 108 Å². The van der Waals surface area contributed by atoms with Gasteiger partial charge in [0, 0.05) is 12.1 Å². The van der Waals surface area contributed by atoms with Crippen LogP contribution in [0.1, 0.15) is 23.2 Å².